The van der Waals surface area contributed by atoms with Gasteiger partial charge in [0.05, 0.1) is 6.61 Å². The summed E-state index contributed by atoms with van der Waals surface area (Å²) in [6.07, 6.45) is -4.77. The third-order valence-electron chi connectivity index (χ3n) is 2.87. The van der Waals surface area contributed by atoms with E-state index in [2.05, 4.69) is 31.3 Å². The predicted molar refractivity (Wildman–Crippen MR) is 85.8 cm³/mol. The summed E-state index contributed by atoms with van der Waals surface area (Å²) in [4.78, 5) is 11.9. The van der Waals surface area contributed by atoms with Crippen LogP contribution in [-0.2, 0) is 6.61 Å². The number of rotatable bonds is 4. The number of aliphatic hydroxyl groups excluding tert-OH is 1. The van der Waals surface area contributed by atoms with Gasteiger partial charge in [-0.25, -0.2) is 4.79 Å². The number of hydrogen-bond acceptors (Lipinski definition) is 3. The summed E-state index contributed by atoms with van der Waals surface area (Å²) in [5.41, 5.74) is 1.19. The quantitative estimate of drug-likeness (QED) is 0.703. The highest BCUT2D eigenvalue weighted by Crippen LogP contribution is 2.26. The van der Waals surface area contributed by atoms with E-state index in [1.807, 2.05) is 0 Å². The largest absolute Gasteiger partial charge is 0.573 e. The van der Waals surface area contributed by atoms with E-state index in [1.54, 1.807) is 18.2 Å². The number of alkyl halides is 3. The van der Waals surface area contributed by atoms with E-state index < -0.39 is 12.4 Å². The van der Waals surface area contributed by atoms with Crippen LogP contribution in [0, 0.1) is 0 Å². The van der Waals surface area contributed by atoms with E-state index in [9.17, 15) is 23.1 Å². The molecule has 5 nitrogen and oxygen atoms in total. The molecule has 0 saturated carbocycles. The Kier molecular flexibility index (Phi) is 5.68. The van der Waals surface area contributed by atoms with Gasteiger partial charge in [-0.15, -0.1) is 13.2 Å². The molecule has 0 saturated heterocycles. The highest BCUT2D eigenvalue weighted by atomic mass is 79.9. The van der Waals surface area contributed by atoms with Gasteiger partial charge in [0.25, 0.3) is 0 Å². The molecule has 0 aliphatic heterocycles. The molecule has 2 aromatic rings. The monoisotopic (exact) mass is 404 g/mol. The van der Waals surface area contributed by atoms with Crippen LogP contribution in [0.3, 0.4) is 0 Å². The highest BCUT2D eigenvalue weighted by molar-refractivity contribution is 9.10. The van der Waals surface area contributed by atoms with Crippen molar-refractivity contribution in [1.29, 1.82) is 0 Å². The fourth-order valence-electron chi connectivity index (χ4n) is 1.86. The number of amides is 2. The number of anilines is 2. The third kappa shape index (κ3) is 5.14. The van der Waals surface area contributed by atoms with Crippen LogP contribution in [0.1, 0.15) is 5.56 Å². The van der Waals surface area contributed by atoms with Crippen LogP contribution in [0.4, 0.5) is 29.3 Å². The number of carbonyl (C=O) groups is 1. The van der Waals surface area contributed by atoms with Crippen molar-refractivity contribution in [3.05, 3.63) is 52.5 Å². The maximum absolute atomic E-state index is 12.1. The maximum Gasteiger partial charge on any atom is 0.573 e. The number of aliphatic hydroxyl groups is 1. The number of halogens is 4. The molecule has 3 N–H and O–H groups in total. The van der Waals surface area contributed by atoms with Crippen LogP contribution in [0.25, 0.3) is 0 Å². The molecule has 0 atom stereocenters. The molecule has 0 heterocycles. The number of carbonyl (C=O) groups excluding carboxylic acids is 1. The van der Waals surface area contributed by atoms with Crippen molar-refractivity contribution in [2.45, 2.75) is 13.0 Å². The van der Waals surface area contributed by atoms with Crippen LogP contribution < -0.4 is 15.4 Å². The summed E-state index contributed by atoms with van der Waals surface area (Å²) in [5.74, 6) is -0.386. The van der Waals surface area contributed by atoms with Crippen LogP contribution >= 0.6 is 15.9 Å². The van der Waals surface area contributed by atoms with Gasteiger partial charge in [-0.05, 0) is 36.4 Å². The Morgan fingerprint density at radius 1 is 1.12 bits per heavy atom. The van der Waals surface area contributed by atoms with E-state index in [-0.39, 0.29) is 18.0 Å². The Morgan fingerprint density at radius 2 is 1.79 bits per heavy atom. The number of benzene rings is 2. The van der Waals surface area contributed by atoms with Crippen LogP contribution in [0.15, 0.2) is 46.9 Å². The predicted octanol–water partition coefficient (Wildman–Crippen LogP) is 4.48. The van der Waals surface area contributed by atoms with Crippen molar-refractivity contribution >= 4 is 33.3 Å². The van der Waals surface area contributed by atoms with E-state index in [1.165, 1.54) is 12.1 Å². The SMILES string of the molecule is O=C(Nc1ccc(OC(F)(F)F)cc1)Nc1cccc(Br)c1CO. The molecule has 9 heteroatoms. The number of ether oxygens (including phenoxy) is 1. The van der Waals surface area contributed by atoms with Gasteiger partial charge in [0, 0.05) is 21.4 Å². The molecule has 2 aromatic carbocycles. The normalized spacial score (nSPS) is 11.0. The standard InChI is InChI=1S/C15H12BrF3N2O3/c16-12-2-1-3-13(11(12)8-22)21-14(23)20-9-4-6-10(7-5-9)24-15(17,18)19/h1-7,22H,8H2,(H2,20,21,23). The molecular weight excluding hydrogens is 393 g/mol. The maximum atomic E-state index is 12.1. The topological polar surface area (TPSA) is 70.6 Å². The number of urea groups is 1. The summed E-state index contributed by atoms with van der Waals surface area (Å²) in [6.45, 7) is -0.277. The van der Waals surface area contributed by atoms with Gasteiger partial charge in [0.15, 0.2) is 0 Å². The number of hydrogen-bond donors (Lipinski definition) is 3. The molecular formula is C15H12BrF3N2O3. The second kappa shape index (κ2) is 7.54. The fraction of sp³-hybridized carbons (Fsp3) is 0.133. The highest BCUT2D eigenvalue weighted by Gasteiger charge is 2.30. The van der Waals surface area contributed by atoms with Crippen LogP contribution in [0.5, 0.6) is 5.75 Å². The minimum atomic E-state index is -4.77. The van der Waals surface area contributed by atoms with E-state index in [0.717, 1.165) is 12.1 Å². The van der Waals surface area contributed by atoms with Crippen molar-refractivity contribution in [2.24, 2.45) is 0 Å². The first-order chi connectivity index (χ1) is 11.3. The third-order valence-corrected chi connectivity index (χ3v) is 3.61. The summed E-state index contributed by atoms with van der Waals surface area (Å²) >= 11 is 3.26. The second-order valence-corrected chi connectivity index (χ2v) is 5.43. The van der Waals surface area contributed by atoms with Gasteiger partial charge in [-0.2, -0.15) is 0 Å². The Morgan fingerprint density at radius 3 is 2.38 bits per heavy atom. The minimum absolute atomic E-state index is 0.277. The lowest BCUT2D eigenvalue weighted by atomic mass is 10.2. The van der Waals surface area contributed by atoms with Gasteiger partial charge in [0.1, 0.15) is 5.75 Å². The molecule has 2 rings (SSSR count). The lowest BCUT2D eigenvalue weighted by Gasteiger charge is -2.13. The van der Waals surface area contributed by atoms with Crippen LogP contribution in [-0.4, -0.2) is 17.5 Å². The summed E-state index contributed by atoms with van der Waals surface area (Å²) in [5, 5.41) is 14.3. The van der Waals surface area contributed by atoms with Crippen molar-refractivity contribution in [2.75, 3.05) is 10.6 Å². The lowest BCUT2D eigenvalue weighted by Crippen LogP contribution is -2.20. The molecule has 0 aliphatic rings. The smallest absolute Gasteiger partial charge is 0.406 e. The first kappa shape index (κ1) is 18.1. The van der Waals surface area contributed by atoms with Crippen molar-refractivity contribution in [3.8, 4) is 5.75 Å². The van der Waals surface area contributed by atoms with E-state index >= 15 is 0 Å². The van der Waals surface area contributed by atoms with Crippen LogP contribution in [0.2, 0.25) is 0 Å². The zero-order chi connectivity index (χ0) is 17.7. The summed E-state index contributed by atoms with van der Waals surface area (Å²) in [6, 6.07) is 9.12. The molecule has 0 unspecified atom stereocenters. The summed E-state index contributed by atoms with van der Waals surface area (Å²) in [7, 11) is 0. The second-order valence-electron chi connectivity index (χ2n) is 4.58. The first-order valence-electron chi connectivity index (χ1n) is 6.60. The Labute approximate surface area is 143 Å². The first-order valence-corrected chi connectivity index (χ1v) is 7.40. The lowest BCUT2D eigenvalue weighted by molar-refractivity contribution is -0.274. The minimum Gasteiger partial charge on any atom is -0.406 e. The van der Waals surface area contributed by atoms with Gasteiger partial charge in [0.2, 0.25) is 0 Å². The molecule has 0 fully saturated rings. The van der Waals surface area contributed by atoms with Gasteiger partial charge in [-0.3, -0.25) is 0 Å². The summed E-state index contributed by atoms with van der Waals surface area (Å²) < 4.78 is 40.6. The van der Waals surface area contributed by atoms with E-state index in [0.29, 0.717) is 15.7 Å². The Bertz CT molecular complexity index is 721. The van der Waals surface area contributed by atoms with Gasteiger partial charge >= 0.3 is 12.4 Å². The molecule has 0 radical (unpaired) electrons. The molecule has 0 aliphatic carbocycles. The zero-order valence-electron chi connectivity index (χ0n) is 12.0. The average molecular weight is 405 g/mol. The van der Waals surface area contributed by atoms with Crippen molar-refractivity contribution in [1.82, 2.24) is 0 Å². The molecule has 0 aromatic heterocycles. The number of nitrogens with one attached hydrogen (secondary N) is 2. The molecule has 128 valence electrons. The van der Waals surface area contributed by atoms with E-state index in [4.69, 9.17) is 0 Å². The van der Waals surface area contributed by atoms with Gasteiger partial charge in [-0.1, -0.05) is 22.0 Å². The van der Waals surface area contributed by atoms with Crippen molar-refractivity contribution in [3.63, 3.8) is 0 Å². The van der Waals surface area contributed by atoms with Crippen molar-refractivity contribution < 1.29 is 27.8 Å². The molecule has 0 bridgehead atoms. The van der Waals surface area contributed by atoms with Gasteiger partial charge < -0.3 is 20.5 Å². The Balaban J connectivity index is 2.01. The average Bonchev–Trinajstić information content (AvgIpc) is 2.48. The molecule has 2 amide bonds. The fourth-order valence-corrected chi connectivity index (χ4v) is 2.35. The molecule has 0 spiro atoms. The molecule has 24 heavy (non-hydrogen) atoms. The zero-order valence-corrected chi connectivity index (χ0v) is 13.6. The Hall–Kier alpha value is -2.26.